The molecule has 9 heteroatoms. The highest BCUT2D eigenvalue weighted by molar-refractivity contribution is 5.92. The quantitative estimate of drug-likeness (QED) is 0.195. The molecule has 0 saturated heterocycles. The van der Waals surface area contributed by atoms with Crippen molar-refractivity contribution in [3.05, 3.63) is 29.8 Å². The van der Waals surface area contributed by atoms with Gasteiger partial charge in [0.05, 0.1) is 0 Å². The monoisotopic (exact) mass is 504 g/mol. The predicted molar refractivity (Wildman–Crippen MR) is 140 cm³/mol. The van der Waals surface area contributed by atoms with Gasteiger partial charge in [-0.25, -0.2) is 0 Å². The molecule has 0 fully saturated rings. The van der Waals surface area contributed by atoms with Gasteiger partial charge in [0, 0.05) is 25.8 Å². The number of phenolic OH excluding ortho intramolecular Hbond substituents is 1. The van der Waals surface area contributed by atoms with Crippen LogP contribution in [0.1, 0.15) is 84.1 Å². The van der Waals surface area contributed by atoms with E-state index in [1.54, 1.807) is 12.1 Å². The second-order valence-electron chi connectivity index (χ2n) is 9.39. The van der Waals surface area contributed by atoms with Gasteiger partial charge < -0.3 is 26.8 Å². The zero-order valence-electron chi connectivity index (χ0n) is 22.0. The molecule has 6 N–H and O–H groups in total. The fourth-order valence-corrected chi connectivity index (χ4v) is 3.76. The molecule has 0 bridgehead atoms. The summed E-state index contributed by atoms with van der Waals surface area (Å²) in [4.78, 5) is 49.6. The number of hydrogen-bond acceptors (Lipinski definition) is 5. The minimum atomic E-state index is -0.850. The normalized spacial score (nSPS) is 13.3. The van der Waals surface area contributed by atoms with E-state index in [4.69, 9.17) is 5.73 Å². The fourth-order valence-electron chi connectivity index (χ4n) is 3.76. The van der Waals surface area contributed by atoms with Crippen LogP contribution in [0.2, 0.25) is 0 Å². The van der Waals surface area contributed by atoms with Crippen LogP contribution in [0.4, 0.5) is 0 Å². The number of hydrogen-bond donors (Lipinski definition) is 5. The summed E-state index contributed by atoms with van der Waals surface area (Å²) in [5, 5.41) is 18.1. The fraction of sp³-hybridized carbons (Fsp3) is 0.630. The number of amides is 4. The maximum atomic E-state index is 13.3. The number of benzene rings is 1. The molecule has 3 atom stereocenters. The summed E-state index contributed by atoms with van der Waals surface area (Å²) in [5.74, 6) is -1.23. The van der Waals surface area contributed by atoms with Crippen LogP contribution in [0, 0.1) is 5.92 Å². The molecule has 0 spiro atoms. The van der Waals surface area contributed by atoms with E-state index in [0.717, 1.165) is 31.2 Å². The molecule has 0 heterocycles. The van der Waals surface area contributed by atoms with Gasteiger partial charge in [-0.15, -0.1) is 0 Å². The summed E-state index contributed by atoms with van der Waals surface area (Å²) in [7, 11) is 0. The maximum absolute atomic E-state index is 13.3. The second-order valence-corrected chi connectivity index (χ2v) is 9.39. The van der Waals surface area contributed by atoms with E-state index >= 15 is 0 Å². The average Bonchev–Trinajstić information content (AvgIpc) is 2.84. The number of nitrogens with one attached hydrogen (secondary N) is 3. The Kier molecular flexibility index (Phi) is 14.9. The molecule has 0 radical (unpaired) electrons. The van der Waals surface area contributed by atoms with Crippen molar-refractivity contribution in [2.45, 2.75) is 97.1 Å². The molecule has 202 valence electrons. The van der Waals surface area contributed by atoms with Crippen LogP contribution in [0.25, 0.3) is 0 Å². The Morgan fingerprint density at radius 3 is 2.17 bits per heavy atom. The van der Waals surface area contributed by atoms with Crippen LogP contribution in [-0.4, -0.2) is 47.4 Å². The number of nitrogens with two attached hydrogens (primary N) is 1. The van der Waals surface area contributed by atoms with E-state index in [1.165, 1.54) is 12.1 Å². The Balaban J connectivity index is 2.84. The first-order valence-corrected chi connectivity index (χ1v) is 13.1. The van der Waals surface area contributed by atoms with Crippen molar-refractivity contribution in [1.29, 1.82) is 0 Å². The topological polar surface area (TPSA) is 151 Å². The van der Waals surface area contributed by atoms with Crippen molar-refractivity contribution >= 4 is 23.6 Å². The van der Waals surface area contributed by atoms with Crippen LogP contribution >= 0.6 is 0 Å². The van der Waals surface area contributed by atoms with Crippen LogP contribution < -0.4 is 21.7 Å². The lowest BCUT2D eigenvalue weighted by Crippen LogP contribution is -2.56. The van der Waals surface area contributed by atoms with Gasteiger partial charge in [-0.3, -0.25) is 19.2 Å². The van der Waals surface area contributed by atoms with Gasteiger partial charge in [0.1, 0.15) is 17.8 Å². The highest BCUT2D eigenvalue weighted by atomic mass is 16.3. The summed E-state index contributed by atoms with van der Waals surface area (Å²) in [5.41, 5.74) is 5.92. The first kappa shape index (κ1) is 30.9. The molecule has 36 heavy (non-hydrogen) atoms. The third-order valence-corrected chi connectivity index (χ3v) is 6.23. The number of unbranched alkanes of at least 4 members (excludes halogenated alkanes) is 4. The number of carbonyl (C=O) groups is 4. The van der Waals surface area contributed by atoms with Gasteiger partial charge in [-0.1, -0.05) is 58.6 Å². The average molecular weight is 505 g/mol. The van der Waals surface area contributed by atoms with Crippen molar-refractivity contribution in [2.24, 2.45) is 11.7 Å². The van der Waals surface area contributed by atoms with Crippen molar-refractivity contribution in [3.8, 4) is 5.75 Å². The highest BCUT2D eigenvalue weighted by Gasteiger charge is 2.29. The molecular weight excluding hydrogens is 460 g/mol. The van der Waals surface area contributed by atoms with E-state index in [9.17, 15) is 24.3 Å². The number of primary amides is 1. The lowest BCUT2D eigenvalue weighted by Gasteiger charge is -2.26. The third-order valence-electron chi connectivity index (χ3n) is 6.23. The highest BCUT2D eigenvalue weighted by Crippen LogP contribution is 2.13. The Hall–Kier alpha value is -3.10. The smallest absolute Gasteiger partial charge is 0.243 e. The van der Waals surface area contributed by atoms with Gasteiger partial charge in [-0.2, -0.15) is 0 Å². The van der Waals surface area contributed by atoms with Gasteiger partial charge in [0.2, 0.25) is 23.6 Å². The molecule has 0 aliphatic heterocycles. The van der Waals surface area contributed by atoms with Crippen molar-refractivity contribution in [2.75, 3.05) is 6.54 Å². The largest absolute Gasteiger partial charge is 0.508 e. The molecule has 0 unspecified atom stereocenters. The molecule has 0 aliphatic rings. The van der Waals surface area contributed by atoms with Crippen LogP contribution in [0.3, 0.4) is 0 Å². The molecule has 0 aromatic heterocycles. The third kappa shape index (κ3) is 12.6. The van der Waals surface area contributed by atoms with Crippen molar-refractivity contribution < 1.29 is 24.3 Å². The lowest BCUT2D eigenvalue weighted by atomic mass is 9.97. The summed E-state index contributed by atoms with van der Waals surface area (Å²) >= 11 is 0. The van der Waals surface area contributed by atoms with Gasteiger partial charge in [0.25, 0.3) is 0 Å². The predicted octanol–water partition coefficient (Wildman–Crippen LogP) is 2.69. The Morgan fingerprint density at radius 2 is 1.56 bits per heavy atom. The molecule has 1 rings (SSSR count). The number of rotatable bonds is 18. The Bertz CT molecular complexity index is 828. The molecule has 0 saturated carbocycles. The summed E-state index contributed by atoms with van der Waals surface area (Å²) in [6.45, 7) is 6.34. The zero-order valence-corrected chi connectivity index (χ0v) is 22.0. The molecule has 1 aromatic carbocycles. The maximum Gasteiger partial charge on any atom is 0.243 e. The van der Waals surface area contributed by atoms with Crippen LogP contribution in [0.5, 0.6) is 5.75 Å². The van der Waals surface area contributed by atoms with E-state index in [0.29, 0.717) is 38.6 Å². The minimum absolute atomic E-state index is 0.113. The minimum Gasteiger partial charge on any atom is -0.508 e. The van der Waals surface area contributed by atoms with Gasteiger partial charge in [0.15, 0.2) is 0 Å². The van der Waals surface area contributed by atoms with Gasteiger partial charge in [-0.05, 0) is 42.9 Å². The van der Waals surface area contributed by atoms with E-state index in [2.05, 4.69) is 22.9 Å². The number of aromatic hydroxyl groups is 1. The number of phenols is 1. The second kappa shape index (κ2) is 17.3. The first-order chi connectivity index (χ1) is 17.2. The first-order valence-electron chi connectivity index (χ1n) is 13.1. The lowest BCUT2D eigenvalue weighted by molar-refractivity contribution is -0.133. The molecule has 0 aliphatic carbocycles. The molecular formula is C27H44N4O5. The SMILES string of the molecule is CCCCCC(=O)N[C@H](Cc1ccc(O)cc1)C(=O)N[C@@H](C(=O)NCCCCCC(N)=O)[C@H](C)CC. The van der Waals surface area contributed by atoms with E-state index in [1.807, 2.05) is 13.8 Å². The Morgan fingerprint density at radius 1 is 0.889 bits per heavy atom. The van der Waals surface area contributed by atoms with E-state index in [-0.39, 0.29) is 35.8 Å². The van der Waals surface area contributed by atoms with Crippen molar-refractivity contribution in [3.63, 3.8) is 0 Å². The summed E-state index contributed by atoms with van der Waals surface area (Å²) in [6.07, 6.45) is 6.39. The molecule has 1 aromatic rings. The zero-order chi connectivity index (χ0) is 26.9. The van der Waals surface area contributed by atoms with E-state index < -0.39 is 18.0 Å². The van der Waals surface area contributed by atoms with Gasteiger partial charge >= 0.3 is 0 Å². The standard InChI is InChI=1S/C27H44N4O5/c1-4-6-8-12-24(34)30-22(18-20-13-15-21(32)16-14-20)26(35)31-25(19(3)5-2)27(36)29-17-10-7-9-11-23(28)33/h13-16,19,22,25,32H,4-12,17-18H2,1-3H3,(H2,28,33)(H,29,36)(H,30,34)(H,31,35)/t19-,22-,25-/m1/s1. The summed E-state index contributed by atoms with van der Waals surface area (Å²) in [6, 6.07) is 4.88. The molecule has 4 amide bonds. The van der Waals surface area contributed by atoms with Crippen LogP contribution in [0.15, 0.2) is 24.3 Å². The molecule has 9 nitrogen and oxygen atoms in total. The Labute approximate surface area is 215 Å². The van der Waals surface area contributed by atoms with Crippen LogP contribution in [-0.2, 0) is 25.6 Å². The van der Waals surface area contributed by atoms with Crippen molar-refractivity contribution in [1.82, 2.24) is 16.0 Å². The summed E-state index contributed by atoms with van der Waals surface area (Å²) < 4.78 is 0. The number of carbonyl (C=O) groups excluding carboxylic acids is 4.